The van der Waals surface area contributed by atoms with Crippen molar-refractivity contribution < 1.29 is 83.5 Å². The molecule has 0 aromatic heterocycles. The first-order valence-electron chi connectivity index (χ1n) is 40.1. The number of halogens is 6. The molecule has 0 radical (unpaired) electrons. The van der Waals surface area contributed by atoms with Crippen LogP contribution in [0.15, 0.2) is 0 Å². The Hall–Kier alpha value is -3.60. The lowest BCUT2D eigenvalue weighted by Crippen LogP contribution is -2.67. The topological polar surface area (TPSA) is 158 Å². The minimum Gasteiger partial charge on any atom is -0.461 e. The molecule has 24 rings (SSSR count). The Balaban J connectivity index is 0.000000112. The van der Waals surface area contributed by atoms with Gasteiger partial charge in [0.2, 0.25) is 0 Å². The first-order chi connectivity index (χ1) is 46.7. The maximum absolute atomic E-state index is 14.1. The molecule has 0 aromatic carbocycles. The van der Waals surface area contributed by atoms with Crippen LogP contribution in [0.25, 0.3) is 0 Å². The number of carbonyl (C=O) groups excluding carboxylic acids is 6. The molecule has 0 amide bonds. The predicted octanol–water partition coefficient (Wildman–Crippen LogP) is 17.2. The van der Waals surface area contributed by atoms with Crippen LogP contribution in [-0.2, 0) is 57.2 Å². The highest BCUT2D eigenvalue weighted by molar-refractivity contribution is 5.79. The second kappa shape index (κ2) is 24.0. The number of esters is 6. The maximum atomic E-state index is 14.1. The van der Waals surface area contributed by atoms with E-state index in [-0.39, 0.29) is 65.3 Å². The van der Waals surface area contributed by atoms with Gasteiger partial charge in [0.05, 0.1) is 31.2 Å². The van der Waals surface area contributed by atoms with Crippen LogP contribution in [0.5, 0.6) is 0 Å². The molecule has 12 nitrogen and oxygen atoms in total. The quantitative estimate of drug-likeness (QED) is 0.0819. The number of carbonyl (C=O) groups is 6. The number of hydrogen-bond donors (Lipinski definition) is 0. The van der Waals surface area contributed by atoms with Crippen LogP contribution in [-0.4, -0.2) is 90.2 Å². The van der Waals surface area contributed by atoms with E-state index in [1.165, 1.54) is 70.6 Å². The summed E-state index contributed by atoms with van der Waals surface area (Å²) in [5, 5.41) is 0. The zero-order valence-electron chi connectivity index (χ0n) is 59.4. The summed E-state index contributed by atoms with van der Waals surface area (Å²) in [6, 6.07) is 0. The third-order valence-corrected chi connectivity index (χ3v) is 32.5. The highest BCUT2D eigenvalue weighted by atomic mass is 19.3. The SMILES string of the molecule is CC(F)(F)C(=O)OCC12CC3CC(C1)CC(OC(=O)C14CC5C6CC7CC5C(C1)C(C7)C6C4)(C3)C2.CC(F)(F)C(=O)OCC12CC3CC(C1)CC(OC(=O)C1CCC4CCCCC4C1)(C3)C2.CC1CC2C3CC(CC(=O)OC45CC6CC(CC(COC(=O)C(C)(F)F)(C6)C4)C5)C(C3)C2C1. The van der Waals surface area contributed by atoms with Crippen LogP contribution in [0.1, 0.15) is 259 Å². The molecule has 24 aliphatic rings. The van der Waals surface area contributed by atoms with E-state index < -0.39 is 52.5 Å². The molecule has 24 fully saturated rings. The van der Waals surface area contributed by atoms with Gasteiger partial charge < -0.3 is 28.4 Å². The highest BCUT2D eigenvalue weighted by Crippen LogP contribution is 2.76. The van der Waals surface area contributed by atoms with E-state index in [1.54, 1.807) is 0 Å². The largest absolute Gasteiger partial charge is 0.461 e. The van der Waals surface area contributed by atoms with E-state index in [2.05, 4.69) is 6.92 Å². The van der Waals surface area contributed by atoms with Crippen molar-refractivity contribution in [3.8, 4) is 0 Å². The Morgan fingerprint density at radius 2 is 0.778 bits per heavy atom. The van der Waals surface area contributed by atoms with Gasteiger partial charge in [-0.3, -0.25) is 14.4 Å². The maximum Gasteiger partial charge on any atom is 0.376 e. The first kappa shape index (κ1) is 68.5. The Bertz CT molecular complexity index is 3100. The van der Waals surface area contributed by atoms with Crippen molar-refractivity contribution in [3.05, 3.63) is 0 Å². The van der Waals surface area contributed by atoms with Gasteiger partial charge in [0, 0.05) is 43.4 Å². The van der Waals surface area contributed by atoms with Crippen LogP contribution in [0.2, 0.25) is 0 Å². The van der Waals surface area contributed by atoms with Crippen molar-refractivity contribution in [1.29, 1.82) is 0 Å². The number of fused-ring (bicyclic) bond motifs is 6. The third kappa shape index (κ3) is 12.5. The summed E-state index contributed by atoms with van der Waals surface area (Å²) in [6.45, 7) is 4.22. The van der Waals surface area contributed by atoms with Crippen molar-refractivity contribution >= 4 is 35.8 Å². The average molecular weight is 1390 g/mol. The second-order valence-corrected chi connectivity index (χ2v) is 40.1. The Kier molecular flexibility index (Phi) is 16.6. The van der Waals surface area contributed by atoms with Gasteiger partial charge in [0.1, 0.15) is 16.8 Å². The molecule has 99 heavy (non-hydrogen) atoms. The van der Waals surface area contributed by atoms with E-state index in [4.69, 9.17) is 28.4 Å². The van der Waals surface area contributed by atoms with Crippen LogP contribution >= 0.6 is 0 Å². The lowest BCUT2D eigenvalue weighted by molar-refractivity contribution is -0.255. The Morgan fingerprint density at radius 1 is 0.374 bits per heavy atom. The summed E-state index contributed by atoms with van der Waals surface area (Å²) in [6.07, 6.45) is 37.4. The zero-order valence-corrected chi connectivity index (χ0v) is 59.4. The molecular weight excluding hydrogens is 1280 g/mol. The summed E-state index contributed by atoms with van der Waals surface area (Å²) in [4.78, 5) is 75.8. The van der Waals surface area contributed by atoms with Gasteiger partial charge in [0.25, 0.3) is 0 Å². The van der Waals surface area contributed by atoms with Crippen LogP contribution in [0.3, 0.4) is 0 Å². The van der Waals surface area contributed by atoms with Crippen molar-refractivity contribution in [2.75, 3.05) is 19.8 Å². The van der Waals surface area contributed by atoms with Gasteiger partial charge in [-0.15, -0.1) is 0 Å². The molecule has 22 bridgehead atoms. The fourth-order valence-corrected chi connectivity index (χ4v) is 31.1. The smallest absolute Gasteiger partial charge is 0.376 e. The molecule has 0 N–H and O–H groups in total. The average Bonchev–Trinajstić information content (AvgIpc) is 0.993. The molecule has 15 atom stereocenters. The minimum atomic E-state index is -3.47. The van der Waals surface area contributed by atoms with Crippen molar-refractivity contribution in [2.45, 2.75) is 293 Å². The molecule has 0 spiro atoms. The molecule has 0 heterocycles. The predicted molar refractivity (Wildman–Crippen MR) is 350 cm³/mol. The molecule has 24 saturated carbocycles. The number of hydrogen-bond acceptors (Lipinski definition) is 12. The van der Waals surface area contributed by atoms with Crippen LogP contribution in [0.4, 0.5) is 26.3 Å². The van der Waals surface area contributed by atoms with Gasteiger partial charge in [-0.2, -0.15) is 26.3 Å². The first-order valence-corrected chi connectivity index (χ1v) is 40.1. The van der Waals surface area contributed by atoms with Crippen LogP contribution in [0, 0.1) is 152 Å². The minimum absolute atomic E-state index is 0.0138. The van der Waals surface area contributed by atoms with E-state index in [0.29, 0.717) is 99.7 Å². The molecule has 24 aliphatic carbocycles. The summed E-state index contributed by atoms with van der Waals surface area (Å²) in [5.74, 6) is -0.304. The lowest BCUT2D eigenvalue weighted by Gasteiger charge is -2.72. The molecule has 0 aromatic rings. The monoisotopic (exact) mass is 1390 g/mol. The van der Waals surface area contributed by atoms with Crippen LogP contribution < -0.4 is 0 Å². The van der Waals surface area contributed by atoms with Crippen molar-refractivity contribution in [2.24, 2.45) is 152 Å². The number of ether oxygens (including phenoxy) is 6. The molecule has 18 heteroatoms. The Labute approximate surface area is 581 Å². The summed E-state index contributed by atoms with van der Waals surface area (Å²) in [7, 11) is 0. The molecule has 550 valence electrons. The van der Waals surface area contributed by atoms with Crippen molar-refractivity contribution in [3.63, 3.8) is 0 Å². The Morgan fingerprint density at radius 3 is 1.22 bits per heavy atom. The molecular formula is C81H112F6O12. The zero-order chi connectivity index (χ0) is 69.0. The number of alkyl halides is 6. The van der Waals surface area contributed by atoms with E-state index >= 15 is 0 Å². The van der Waals surface area contributed by atoms with E-state index in [0.717, 1.165) is 206 Å². The van der Waals surface area contributed by atoms with E-state index in [9.17, 15) is 55.1 Å². The summed E-state index contributed by atoms with van der Waals surface area (Å²) >= 11 is 0. The number of rotatable bonds is 16. The van der Waals surface area contributed by atoms with Gasteiger partial charge in [-0.05, 0) is 323 Å². The van der Waals surface area contributed by atoms with Gasteiger partial charge in [0.15, 0.2) is 0 Å². The summed E-state index contributed by atoms with van der Waals surface area (Å²) < 4.78 is 115. The summed E-state index contributed by atoms with van der Waals surface area (Å²) in [5.41, 5.74) is -2.66. The van der Waals surface area contributed by atoms with Gasteiger partial charge in [-0.25, -0.2) is 14.4 Å². The van der Waals surface area contributed by atoms with Gasteiger partial charge in [-0.1, -0.05) is 32.6 Å². The second-order valence-electron chi connectivity index (χ2n) is 40.1. The molecule has 0 aliphatic heterocycles. The molecule has 15 unspecified atom stereocenters. The fraction of sp³-hybridized carbons (Fsp3) is 0.926. The lowest BCUT2D eigenvalue weighted by atomic mass is 9.33. The third-order valence-electron chi connectivity index (χ3n) is 32.5. The van der Waals surface area contributed by atoms with E-state index in [1.807, 2.05) is 0 Å². The standard InChI is InChI=1S/C29H38F2O4.C27H38F2O4.C25H36F2O4/c1-26(30,31)24(32)34-14-27-6-16-2-17(7-27)9-29(8-16,13-27)35-25(33)28-10-21-18-3-15-4-19(21)23(12-28)20(5-15)22(18)11-28;1-15-3-20-18-6-19(21(7-18)22(20)4-15)8-23(30)33-27-11-16-5-17(12-27)10-26(9-16,13-27)14-32-24(31)25(2,28)29;1-23(26,27)22(29)30-15-24-10-16-8-17(11-24)13-25(12-16,14-24)31-21(28)20-7-6-18-4-2-3-5-19(18)9-20/h15-23H,2-14H2,1H3;15-22H,3-14H2,1-2H3;16-20H,2-15H2,1H3. The highest BCUT2D eigenvalue weighted by Gasteiger charge is 2.71. The normalized spacial score (nSPS) is 50.0. The van der Waals surface area contributed by atoms with Crippen molar-refractivity contribution in [1.82, 2.24) is 0 Å². The molecule has 0 saturated heterocycles. The fourth-order valence-electron chi connectivity index (χ4n) is 31.1. The van der Waals surface area contributed by atoms with Gasteiger partial charge >= 0.3 is 53.6 Å².